The predicted molar refractivity (Wildman–Crippen MR) is 59.0 cm³/mol. The standard InChI is InChI=1S/C12H23NO/c1-4-5-12(14)13-11-7-6-9(2)8-10(11)3/h9-11H,4-8H2,1-3H3,(H,13,14). The minimum atomic E-state index is 0.235. The fourth-order valence-electron chi connectivity index (χ4n) is 2.39. The average molecular weight is 197 g/mol. The maximum absolute atomic E-state index is 11.4. The van der Waals surface area contributed by atoms with Gasteiger partial charge in [0.2, 0.25) is 5.91 Å². The van der Waals surface area contributed by atoms with E-state index in [1.807, 2.05) is 6.92 Å². The van der Waals surface area contributed by atoms with Gasteiger partial charge in [-0.1, -0.05) is 20.8 Å². The lowest BCUT2D eigenvalue weighted by Crippen LogP contribution is -2.42. The van der Waals surface area contributed by atoms with Crippen molar-refractivity contribution in [1.29, 1.82) is 0 Å². The Kier molecular flexibility index (Phi) is 4.43. The van der Waals surface area contributed by atoms with Crippen LogP contribution >= 0.6 is 0 Å². The van der Waals surface area contributed by atoms with E-state index in [-0.39, 0.29) is 5.91 Å². The molecule has 2 heteroatoms. The molecule has 0 spiro atoms. The van der Waals surface area contributed by atoms with Crippen molar-refractivity contribution in [2.45, 2.75) is 58.9 Å². The lowest BCUT2D eigenvalue weighted by atomic mass is 9.80. The molecule has 0 aliphatic heterocycles. The molecule has 3 atom stereocenters. The number of hydrogen-bond acceptors (Lipinski definition) is 1. The van der Waals surface area contributed by atoms with Gasteiger partial charge in [0, 0.05) is 12.5 Å². The van der Waals surface area contributed by atoms with Crippen molar-refractivity contribution in [3.05, 3.63) is 0 Å². The fraction of sp³-hybridized carbons (Fsp3) is 0.917. The molecule has 2 nitrogen and oxygen atoms in total. The molecule has 0 bridgehead atoms. The summed E-state index contributed by atoms with van der Waals surface area (Å²) >= 11 is 0. The van der Waals surface area contributed by atoms with Crippen molar-refractivity contribution in [2.75, 3.05) is 0 Å². The fourth-order valence-corrected chi connectivity index (χ4v) is 2.39. The maximum atomic E-state index is 11.4. The second-order valence-corrected chi connectivity index (χ2v) is 4.82. The monoisotopic (exact) mass is 197 g/mol. The zero-order chi connectivity index (χ0) is 10.6. The summed E-state index contributed by atoms with van der Waals surface area (Å²) in [7, 11) is 0. The third kappa shape index (κ3) is 3.32. The second kappa shape index (κ2) is 5.38. The minimum Gasteiger partial charge on any atom is -0.353 e. The van der Waals surface area contributed by atoms with E-state index in [9.17, 15) is 4.79 Å². The van der Waals surface area contributed by atoms with Gasteiger partial charge in [-0.3, -0.25) is 4.79 Å². The summed E-state index contributed by atoms with van der Waals surface area (Å²) in [6, 6.07) is 0.435. The summed E-state index contributed by atoms with van der Waals surface area (Å²) in [4.78, 5) is 11.4. The van der Waals surface area contributed by atoms with Gasteiger partial charge in [-0.25, -0.2) is 0 Å². The van der Waals surface area contributed by atoms with E-state index in [0.717, 1.165) is 18.8 Å². The predicted octanol–water partition coefficient (Wildman–Crippen LogP) is 2.73. The Balaban J connectivity index is 2.33. The molecule has 0 heterocycles. The highest BCUT2D eigenvalue weighted by Crippen LogP contribution is 2.28. The van der Waals surface area contributed by atoms with Crippen molar-refractivity contribution in [3.8, 4) is 0 Å². The largest absolute Gasteiger partial charge is 0.353 e. The smallest absolute Gasteiger partial charge is 0.220 e. The summed E-state index contributed by atoms with van der Waals surface area (Å²) in [5, 5.41) is 3.15. The molecule has 82 valence electrons. The summed E-state index contributed by atoms with van der Waals surface area (Å²) in [6.07, 6.45) is 5.32. The van der Waals surface area contributed by atoms with Gasteiger partial charge in [-0.05, 0) is 37.5 Å². The van der Waals surface area contributed by atoms with Crippen LogP contribution in [-0.4, -0.2) is 11.9 Å². The molecule has 0 aromatic carbocycles. The molecule has 0 radical (unpaired) electrons. The Morgan fingerprint density at radius 3 is 2.64 bits per heavy atom. The van der Waals surface area contributed by atoms with Crippen molar-refractivity contribution in [3.63, 3.8) is 0 Å². The Labute approximate surface area is 87.5 Å². The van der Waals surface area contributed by atoms with E-state index in [1.165, 1.54) is 12.8 Å². The van der Waals surface area contributed by atoms with Gasteiger partial charge in [-0.2, -0.15) is 0 Å². The first-order valence-electron chi connectivity index (χ1n) is 5.92. The molecule has 1 N–H and O–H groups in total. The number of carbonyl (C=O) groups is 1. The van der Waals surface area contributed by atoms with Crippen LogP contribution in [0.3, 0.4) is 0 Å². The van der Waals surface area contributed by atoms with Crippen LogP contribution in [0, 0.1) is 11.8 Å². The van der Waals surface area contributed by atoms with E-state index in [4.69, 9.17) is 0 Å². The van der Waals surface area contributed by atoms with Crippen LogP contribution < -0.4 is 5.32 Å². The Morgan fingerprint density at radius 1 is 1.36 bits per heavy atom. The lowest BCUT2D eigenvalue weighted by molar-refractivity contribution is -0.122. The normalized spacial score (nSPS) is 32.6. The van der Waals surface area contributed by atoms with E-state index in [2.05, 4.69) is 19.2 Å². The van der Waals surface area contributed by atoms with E-state index >= 15 is 0 Å². The van der Waals surface area contributed by atoms with E-state index < -0.39 is 0 Å². The van der Waals surface area contributed by atoms with Crippen LogP contribution in [-0.2, 0) is 4.79 Å². The number of carbonyl (C=O) groups excluding carboxylic acids is 1. The van der Waals surface area contributed by atoms with Crippen LogP contribution in [0.4, 0.5) is 0 Å². The third-order valence-corrected chi connectivity index (χ3v) is 3.25. The van der Waals surface area contributed by atoms with Crippen LogP contribution in [0.25, 0.3) is 0 Å². The number of hydrogen-bond donors (Lipinski definition) is 1. The highest BCUT2D eigenvalue weighted by molar-refractivity contribution is 5.76. The molecule has 1 fully saturated rings. The lowest BCUT2D eigenvalue weighted by Gasteiger charge is -2.33. The van der Waals surface area contributed by atoms with E-state index in [0.29, 0.717) is 18.4 Å². The highest BCUT2D eigenvalue weighted by Gasteiger charge is 2.25. The maximum Gasteiger partial charge on any atom is 0.220 e. The van der Waals surface area contributed by atoms with Gasteiger partial charge in [0.1, 0.15) is 0 Å². The zero-order valence-electron chi connectivity index (χ0n) is 9.68. The first kappa shape index (κ1) is 11.5. The second-order valence-electron chi connectivity index (χ2n) is 4.82. The Morgan fingerprint density at radius 2 is 2.07 bits per heavy atom. The van der Waals surface area contributed by atoms with E-state index in [1.54, 1.807) is 0 Å². The molecule has 14 heavy (non-hydrogen) atoms. The van der Waals surface area contributed by atoms with Crippen LogP contribution in [0.5, 0.6) is 0 Å². The summed E-state index contributed by atoms with van der Waals surface area (Å²) < 4.78 is 0. The van der Waals surface area contributed by atoms with Gasteiger partial charge < -0.3 is 5.32 Å². The molecule has 1 rings (SSSR count). The van der Waals surface area contributed by atoms with Gasteiger partial charge in [-0.15, -0.1) is 0 Å². The van der Waals surface area contributed by atoms with Crippen molar-refractivity contribution in [2.24, 2.45) is 11.8 Å². The van der Waals surface area contributed by atoms with Crippen molar-refractivity contribution >= 4 is 5.91 Å². The number of rotatable bonds is 3. The summed E-state index contributed by atoms with van der Waals surface area (Å²) in [5.74, 6) is 1.72. The minimum absolute atomic E-state index is 0.235. The average Bonchev–Trinajstić information content (AvgIpc) is 2.10. The summed E-state index contributed by atoms with van der Waals surface area (Å²) in [5.41, 5.74) is 0. The molecule has 1 aliphatic rings. The topological polar surface area (TPSA) is 29.1 Å². The molecule has 1 amide bonds. The summed E-state index contributed by atoms with van der Waals surface area (Å²) in [6.45, 7) is 6.61. The van der Waals surface area contributed by atoms with Crippen molar-refractivity contribution < 1.29 is 4.79 Å². The molecule has 1 saturated carbocycles. The molecular weight excluding hydrogens is 174 g/mol. The van der Waals surface area contributed by atoms with Crippen LogP contribution in [0.15, 0.2) is 0 Å². The Bertz CT molecular complexity index is 191. The third-order valence-electron chi connectivity index (χ3n) is 3.25. The first-order chi connectivity index (χ1) is 6.63. The number of amides is 1. The molecule has 3 unspecified atom stereocenters. The zero-order valence-corrected chi connectivity index (χ0v) is 9.68. The van der Waals surface area contributed by atoms with Crippen molar-refractivity contribution in [1.82, 2.24) is 5.32 Å². The first-order valence-corrected chi connectivity index (χ1v) is 5.92. The van der Waals surface area contributed by atoms with Gasteiger partial charge in [0.05, 0.1) is 0 Å². The Hall–Kier alpha value is -0.530. The molecule has 0 aromatic heterocycles. The SMILES string of the molecule is CCCC(=O)NC1CCC(C)CC1C. The molecule has 0 aromatic rings. The van der Waals surface area contributed by atoms with Crippen LogP contribution in [0.2, 0.25) is 0 Å². The van der Waals surface area contributed by atoms with Crippen LogP contribution in [0.1, 0.15) is 52.9 Å². The van der Waals surface area contributed by atoms with Gasteiger partial charge in [0.15, 0.2) is 0 Å². The quantitative estimate of drug-likeness (QED) is 0.740. The van der Waals surface area contributed by atoms with Gasteiger partial charge >= 0.3 is 0 Å². The highest BCUT2D eigenvalue weighted by atomic mass is 16.1. The molecule has 0 saturated heterocycles. The number of nitrogens with one attached hydrogen (secondary N) is 1. The van der Waals surface area contributed by atoms with Gasteiger partial charge in [0.25, 0.3) is 0 Å². The molecular formula is C12H23NO. The molecule has 1 aliphatic carbocycles.